The largest absolute Gasteiger partial charge is 0.395 e. The van der Waals surface area contributed by atoms with E-state index in [1.54, 1.807) is 0 Å². The Balaban J connectivity index is 3.57. The topological polar surface area (TPSA) is 18.5 Å². The fourth-order valence-electron chi connectivity index (χ4n) is 1.32. The predicted octanol–water partition coefficient (Wildman–Crippen LogP) is 4.12. The molecule has 0 amide bonds. The van der Waals surface area contributed by atoms with Gasteiger partial charge in [0.2, 0.25) is 0 Å². The average Bonchev–Trinajstić information content (AvgIpc) is 2.11. The van der Waals surface area contributed by atoms with Crippen molar-refractivity contribution in [1.82, 2.24) is 0 Å². The Bertz CT molecular complexity index is 200. The maximum absolute atomic E-state index is 5.85. The van der Waals surface area contributed by atoms with Crippen molar-refractivity contribution < 1.29 is 8.85 Å². The molecule has 0 saturated heterocycles. The van der Waals surface area contributed by atoms with Crippen LogP contribution in [0, 0.1) is 5.92 Å². The van der Waals surface area contributed by atoms with Crippen LogP contribution in [0.3, 0.4) is 0 Å². The highest BCUT2D eigenvalue weighted by molar-refractivity contribution is 6.64. The molecule has 0 saturated carbocycles. The Labute approximate surface area is 102 Å². The third kappa shape index (κ3) is 10.4. The minimum absolute atomic E-state index is 0.749. The van der Waals surface area contributed by atoms with Crippen LogP contribution in [0.15, 0.2) is 12.2 Å². The summed E-state index contributed by atoms with van der Waals surface area (Å²) in [6, 6.07) is 0. The molecule has 2 nitrogen and oxygen atoms in total. The minimum atomic E-state index is -1.88. The quantitative estimate of drug-likeness (QED) is 0.345. The molecule has 0 unspecified atom stereocenters. The smallest absolute Gasteiger partial charge is 0.331 e. The first-order valence-corrected chi connectivity index (χ1v) is 9.07. The van der Waals surface area contributed by atoms with Gasteiger partial charge in [0, 0.05) is 13.2 Å². The van der Waals surface area contributed by atoms with Crippen molar-refractivity contribution >= 4 is 8.56 Å². The Morgan fingerprint density at radius 2 is 1.75 bits per heavy atom. The summed E-state index contributed by atoms with van der Waals surface area (Å²) in [7, 11) is -1.88. The van der Waals surface area contributed by atoms with Crippen LogP contribution >= 0.6 is 0 Å². The lowest BCUT2D eigenvalue weighted by Crippen LogP contribution is -2.35. The second-order valence-corrected chi connectivity index (χ2v) is 8.72. The molecule has 0 bridgehead atoms. The van der Waals surface area contributed by atoms with Crippen LogP contribution in [0.25, 0.3) is 0 Å². The lowest BCUT2D eigenvalue weighted by Gasteiger charge is -2.23. The van der Waals surface area contributed by atoms with Crippen molar-refractivity contribution in [3.63, 3.8) is 0 Å². The van der Waals surface area contributed by atoms with Gasteiger partial charge in [-0.1, -0.05) is 19.4 Å². The molecule has 0 heterocycles. The van der Waals surface area contributed by atoms with E-state index in [0.717, 1.165) is 32.0 Å². The van der Waals surface area contributed by atoms with Gasteiger partial charge in [0.15, 0.2) is 0 Å². The maximum atomic E-state index is 5.85. The van der Waals surface area contributed by atoms with E-state index >= 15 is 0 Å². The third-order valence-corrected chi connectivity index (χ3v) is 4.15. The molecule has 0 rings (SSSR count). The highest BCUT2D eigenvalue weighted by Crippen LogP contribution is 2.11. The summed E-state index contributed by atoms with van der Waals surface area (Å²) in [6.07, 6.45) is 3.31. The highest BCUT2D eigenvalue weighted by Gasteiger charge is 2.23. The number of rotatable bonds is 9. The summed E-state index contributed by atoms with van der Waals surface area (Å²) in [5.74, 6) is 0.762. The fraction of sp³-hybridized carbons (Fsp3) is 0.846. The zero-order chi connectivity index (χ0) is 12.6. The van der Waals surface area contributed by atoms with E-state index in [0.29, 0.717) is 0 Å². The average molecular weight is 244 g/mol. The van der Waals surface area contributed by atoms with Crippen LogP contribution in [0.5, 0.6) is 0 Å². The molecule has 0 atom stereocenters. The lowest BCUT2D eigenvalue weighted by atomic mass is 10.1. The first-order valence-electron chi connectivity index (χ1n) is 6.26. The summed E-state index contributed by atoms with van der Waals surface area (Å²) in [5.41, 5.74) is 1.17. The van der Waals surface area contributed by atoms with E-state index < -0.39 is 8.56 Å². The van der Waals surface area contributed by atoms with Crippen molar-refractivity contribution in [3.8, 4) is 0 Å². The fourth-order valence-corrected chi connectivity index (χ4v) is 2.64. The van der Waals surface area contributed by atoms with Crippen LogP contribution in [-0.4, -0.2) is 21.8 Å². The van der Waals surface area contributed by atoms with Crippen molar-refractivity contribution in [2.75, 3.05) is 13.2 Å². The minimum Gasteiger partial charge on any atom is -0.395 e. The van der Waals surface area contributed by atoms with Crippen LogP contribution in [0.4, 0.5) is 0 Å². The van der Waals surface area contributed by atoms with E-state index in [2.05, 4.69) is 33.5 Å². The predicted molar refractivity (Wildman–Crippen MR) is 72.9 cm³/mol. The zero-order valence-electron chi connectivity index (χ0n) is 11.6. The van der Waals surface area contributed by atoms with Gasteiger partial charge in [-0.2, -0.15) is 0 Å². The van der Waals surface area contributed by atoms with Crippen molar-refractivity contribution in [3.05, 3.63) is 12.2 Å². The highest BCUT2D eigenvalue weighted by atomic mass is 28.4. The van der Waals surface area contributed by atoms with Crippen molar-refractivity contribution in [1.29, 1.82) is 0 Å². The summed E-state index contributed by atoms with van der Waals surface area (Å²) in [6.45, 7) is 16.2. The SMILES string of the molecule is C=C(C)CCO[Si](C)(C)OCCCC(C)C. The van der Waals surface area contributed by atoms with Gasteiger partial charge in [-0.25, -0.2) is 0 Å². The van der Waals surface area contributed by atoms with Gasteiger partial charge >= 0.3 is 8.56 Å². The molecule has 3 heteroatoms. The van der Waals surface area contributed by atoms with E-state index in [9.17, 15) is 0 Å². The summed E-state index contributed by atoms with van der Waals surface area (Å²) in [4.78, 5) is 0. The molecule has 0 fully saturated rings. The number of hydrogen-bond donors (Lipinski definition) is 0. The molecule has 0 aliphatic rings. The molecule has 16 heavy (non-hydrogen) atoms. The van der Waals surface area contributed by atoms with Gasteiger partial charge in [-0.15, -0.1) is 6.58 Å². The Morgan fingerprint density at radius 3 is 2.25 bits per heavy atom. The summed E-state index contributed by atoms with van der Waals surface area (Å²) < 4.78 is 11.7. The van der Waals surface area contributed by atoms with Gasteiger partial charge in [0.05, 0.1) is 0 Å². The Kier molecular flexibility index (Phi) is 7.98. The molecule has 0 aromatic heterocycles. The van der Waals surface area contributed by atoms with E-state index in [4.69, 9.17) is 8.85 Å². The second kappa shape index (κ2) is 8.04. The van der Waals surface area contributed by atoms with E-state index in [1.165, 1.54) is 12.0 Å². The van der Waals surface area contributed by atoms with Gasteiger partial charge in [-0.05, 0) is 45.2 Å². The standard InChI is InChI=1S/C13H28O2Si/c1-12(2)8-7-10-14-16(5,6)15-11-9-13(3)4/h12H,3,7-11H2,1-2,4-6H3. The molecular formula is C13H28O2Si. The van der Waals surface area contributed by atoms with E-state index in [-0.39, 0.29) is 0 Å². The first-order chi connectivity index (χ1) is 7.33. The van der Waals surface area contributed by atoms with E-state index in [1.807, 2.05) is 6.92 Å². The molecule has 0 aliphatic carbocycles. The van der Waals surface area contributed by atoms with Crippen molar-refractivity contribution in [2.45, 2.75) is 53.1 Å². The second-order valence-electron chi connectivity index (χ2n) is 5.34. The molecule has 0 aromatic rings. The maximum Gasteiger partial charge on any atom is 0.331 e. The molecular weight excluding hydrogens is 216 g/mol. The number of hydrogen-bond acceptors (Lipinski definition) is 2. The molecule has 0 radical (unpaired) electrons. The van der Waals surface area contributed by atoms with Gasteiger partial charge < -0.3 is 8.85 Å². The normalized spacial score (nSPS) is 12.1. The van der Waals surface area contributed by atoms with Gasteiger partial charge in [0.1, 0.15) is 0 Å². The molecule has 0 aromatic carbocycles. The van der Waals surface area contributed by atoms with Crippen LogP contribution in [0.1, 0.15) is 40.0 Å². The van der Waals surface area contributed by atoms with Crippen LogP contribution < -0.4 is 0 Å². The molecule has 0 spiro atoms. The van der Waals surface area contributed by atoms with Crippen LogP contribution in [0.2, 0.25) is 13.1 Å². The molecule has 96 valence electrons. The van der Waals surface area contributed by atoms with Crippen LogP contribution in [-0.2, 0) is 8.85 Å². The molecule has 0 N–H and O–H groups in total. The Hall–Kier alpha value is -0.123. The van der Waals surface area contributed by atoms with Gasteiger partial charge in [0.25, 0.3) is 0 Å². The first kappa shape index (κ1) is 15.9. The monoisotopic (exact) mass is 244 g/mol. The summed E-state index contributed by atoms with van der Waals surface area (Å²) >= 11 is 0. The van der Waals surface area contributed by atoms with Gasteiger partial charge in [-0.3, -0.25) is 0 Å². The molecule has 0 aliphatic heterocycles. The van der Waals surface area contributed by atoms with Crippen molar-refractivity contribution in [2.24, 2.45) is 5.92 Å². The Morgan fingerprint density at radius 1 is 1.19 bits per heavy atom. The lowest BCUT2D eigenvalue weighted by molar-refractivity contribution is 0.176. The summed E-state index contributed by atoms with van der Waals surface area (Å²) in [5, 5.41) is 0. The zero-order valence-corrected chi connectivity index (χ0v) is 12.6. The third-order valence-electron chi connectivity index (χ3n) is 2.35.